The average Bonchev–Trinajstić information content (AvgIpc) is 3.18. The summed E-state index contributed by atoms with van der Waals surface area (Å²) in [5.74, 6) is 0.988. The molecule has 3 aromatic rings. The molecule has 0 aromatic carbocycles. The minimum absolute atomic E-state index is 0.115. The molecule has 0 N–H and O–H groups in total. The second kappa shape index (κ2) is 5.98. The van der Waals surface area contributed by atoms with Gasteiger partial charge in [0.05, 0.1) is 22.6 Å². The third kappa shape index (κ3) is 2.79. The van der Waals surface area contributed by atoms with Crippen LogP contribution < -0.4 is 0 Å². The molecule has 0 saturated carbocycles. The van der Waals surface area contributed by atoms with Crippen LogP contribution in [0.2, 0.25) is 0 Å². The SMILES string of the molecule is CC(=O)N1CCC[C@H](c2c(-c3cc(C)no3)cnc3cc(C)nn23)C1. The first-order valence-electron chi connectivity index (χ1n) is 8.57. The molecule has 1 atom stereocenters. The zero-order chi connectivity index (χ0) is 17.6. The lowest BCUT2D eigenvalue weighted by Crippen LogP contribution is -2.38. The Morgan fingerprint density at radius 1 is 1.28 bits per heavy atom. The van der Waals surface area contributed by atoms with Gasteiger partial charge in [-0.1, -0.05) is 5.16 Å². The zero-order valence-corrected chi connectivity index (χ0v) is 14.7. The smallest absolute Gasteiger partial charge is 0.219 e. The van der Waals surface area contributed by atoms with Gasteiger partial charge in [-0.2, -0.15) is 5.10 Å². The Labute approximate surface area is 145 Å². The molecule has 7 heteroatoms. The number of fused-ring (bicyclic) bond motifs is 1. The number of likely N-dealkylation sites (tertiary alicyclic amines) is 1. The summed E-state index contributed by atoms with van der Waals surface area (Å²) >= 11 is 0. The molecule has 25 heavy (non-hydrogen) atoms. The van der Waals surface area contributed by atoms with E-state index in [2.05, 4.69) is 15.2 Å². The van der Waals surface area contributed by atoms with Crippen LogP contribution in [-0.2, 0) is 4.79 Å². The number of aromatic nitrogens is 4. The molecule has 4 rings (SSSR count). The lowest BCUT2D eigenvalue weighted by atomic mass is 9.91. The van der Waals surface area contributed by atoms with Gasteiger partial charge >= 0.3 is 0 Å². The zero-order valence-electron chi connectivity index (χ0n) is 14.7. The average molecular weight is 339 g/mol. The highest BCUT2D eigenvalue weighted by Crippen LogP contribution is 2.34. The van der Waals surface area contributed by atoms with Crippen LogP contribution in [-0.4, -0.2) is 43.7 Å². The van der Waals surface area contributed by atoms with Crippen molar-refractivity contribution in [3.63, 3.8) is 0 Å². The molecule has 0 aliphatic carbocycles. The molecule has 130 valence electrons. The molecule has 4 heterocycles. The summed E-state index contributed by atoms with van der Waals surface area (Å²) < 4.78 is 7.40. The molecule has 1 fully saturated rings. The summed E-state index contributed by atoms with van der Waals surface area (Å²) in [6, 6.07) is 3.87. The molecular formula is C18H21N5O2. The predicted molar refractivity (Wildman–Crippen MR) is 92.2 cm³/mol. The number of aryl methyl sites for hydroxylation is 2. The summed E-state index contributed by atoms with van der Waals surface area (Å²) in [5, 5.41) is 8.65. The van der Waals surface area contributed by atoms with Gasteiger partial charge in [0.2, 0.25) is 5.91 Å². The maximum atomic E-state index is 11.9. The van der Waals surface area contributed by atoms with Gasteiger partial charge in [0.25, 0.3) is 0 Å². The van der Waals surface area contributed by atoms with Gasteiger partial charge in [0.1, 0.15) is 0 Å². The Kier molecular flexibility index (Phi) is 3.78. The number of nitrogens with zero attached hydrogens (tertiary/aromatic N) is 5. The normalized spacial score (nSPS) is 18.0. The first-order chi connectivity index (χ1) is 12.0. The van der Waals surface area contributed by atoms with Crippen LogP contribution in [0, 0.1) is 13.8 Å². The van der Waals surface area contributed by atoms with Crippen LogP contribution in [0.5, 0.6) is 0 Å². The largest absolute Gasteiger partial charge is 0.356 e. The first-order valence-corrected chi connectivity index (χ1v) is 8.57. The highest BCUT2D eigenvalue weighted by Gasteiger charge is 2.29. The van der Waals surface area contributed by atoms with Crippen LogP contribution in [0.15, 0.2) is 22.9 Å². The fraction of sp³-hybridized carbons (Fsp3) is 0.444. The molecule has 0 spiro atoms. The molecule has 0 unspecified atom stereocenters. The standard InChI is InChI=1S/C18H21N5O2/c1-11-8-17-19-9-15(16-7-12(2)21-25-16)18(23(17)20-11)14-5-4-6-22(10-14)13(3)24/h7-9,14H,4-6,10H2,1-3H3/t14-/m0/s1. The minimum Gasteiger partial charge on any atom is -0.356 e. The summed E-state index contributed by atoms with van der Waals surface area (Å²) in [4.78, 5) is 18.3. The van der Waals surface area contributed by atoms with E-state index in [0.717, 1.165) is 47.7 Å². The van der Waals surface area contributed by atoms with Gasteiger partial charge in [-0.05, 0) is 26.7 Å². The summed E-state index contributed by atoms with van der Waals surface area (Å²) in [7, 11) is 0. The Morgan fingerprint density at radius 2 is 2.12 bits per heavy atom. The van der Waals surface area contributed by atoms with E-state index in [1.807, 2.05) is 41.6 Å². The summed E-state index contributed by atoms with van der Waals surface area (Å²) in [6.07, 6.45) is 3.81. The van der Waals surface area contributed by atoms with Crippen LogP contribution in [0.4, 0.5) is 0 Å². The molecule has 7 nitrogen and oxygen atoms in total. The number of piperidine rings is 1. The van der Waals surface area contributed by atoms with Crippen molar-refractivity contribution in [1.82, 2.24) is 24.7 Å². The minimum atomic E-state index is 0.115. The van der Waals surface area contributed by atoms with E-state index in [1.165, 1.54) is 0 Å². The number of rotatable bonds is 2. The Balaban J connectivity index is 1.88. The predicted octanol–water partition coefficient (Wildman–Crippen LogP) is 2.73. The summed E-state index contributed by atoms with van der Waals surface area (Å²) in [5.41, 5.74) is 4.49. The van der Waals surface area contributed by atoms with Crippen molar-refractivity contribution >= 4 is 11.6 Å². The second-order valence-corrected chi connectivity index (χ2v) is 6.75. The number of carbonyl (C=O) groups excluding carboxylic acids is 1. The van der Waals surface area contributed by atoms with Gasteiger partial charge in [-0.3, -0.25) is 4.79 Å². The molecule has 1 aliphatic heterocycles. The van der Waals surface area contributed by atoms with Crippen molar-refractivity contribution in [2.75, 3.05) is 13.1 Å². The van der Waals surface area contributed by atoms with Gasteiger partial charge < -0.3 is 9.42 Å². The Hall–Kier alpha value is -2.70. The molecule has 0 radical (unpaired) electrons. The van der Waals surface area contributed by atoms with Crippen molar-refractivity contribution < 1.29 is 9.32 Å². The third-order valence-electron chi connectivity index (χ3n) is 4.79. The van der Waals surface area contributed by atoms with Crippen molar-refractivity contribution in [2.45, 2.75) is 39.5 Å². The van der Waals surface area contributed by atoms with Crippen molar-refractivity contribution in [3.05, 3.63) is 35.4 Å². The second-order valence-electron chi connectivity index (χ2n) is 6.75. The molecule has 1 aliphatic rings. The van der Waals surface area contributed by atoms with Crippen LogP contribution in [0.25, 0.3) is 17.0 Å². The van der Waals surface area contributed by atoms with Crippen molar-refractivity contribution in [3.8, 4) is 11.3 Å². The lowest BCUT2D eigenvalue weighted by molar-refractivity contribution is -0.130. The number of hydrogen-bond donors (Lipinski definition) is 0. The van der Waals surface area contributed by atoms with Crippen LogP contribution >= 0.6 is 0 Å². The highest BCUT2D eigenvalue weighted by molar-refractivity contribution is 5.73. The molecule has 0 bridgehead atoms. The van der Waals surface area contributed by atoms with E-state index < -0.39 is 0 Å². The molecule has 1 saturated heterocycles. The van der Waals surface area contributed by atoms with E-state index >= 15 is 0 Å². The lowest BCUT2D eigenvalue weighted by Gasteiger charge is -2.32. The fourth-order valence-corrected chi connectivity index (χ4v) is 3.63. The number of hydrogen-bond acceptors (Lipinski definition) is 5. The van der Waals surface area contributed by atoms with E-state index in [0.29, 0.717) is 12.3 Å². The van der Waals surface area contributed by atoms with Gasteiger partial charge in [-0.25, -0.2) is 9.50 Å². The van der Waals surface area contributed by atoms with E-state index in [4.69, 9.17) is 4.52 Å². The van der Waals surface area contributed by atoms with Crippen LogP contribution in [0.1, 0.15) is 42.8 Å². The number of carbonyl (C=O) groups is 1. The quantitative estimate of drug-likeness (QED) is 0.717. The van der Waals surface area contributed by atoms with Gasteiger partial charge in [0, 0.05) is 44.3 Å². The maximum absolute atomic E-state index is 11.9. The number of amides is 1. The Bertz CT molecular complexity index is 942. The van der Waals surface area contributed by atoms with Crippen molar-refractivity contribution in [1.29, 1.82) is 0 Å². The third-order valence-corrected chi connectivity index (χ3v) is 4.79. The Morgan fingerprint density at radius 3 is 2.84 bits per heavy atom. The van der Waals surface area contributed by atoms with Gasteiger partial charge in [-0.15, -0.1) is 0 Å². The van der Waals surface area contributed by atoms with E-state index in [1.54, 1.807) is 6.92 Å². The first kappa shape index (κ1) is 15.8. The summed E-state index contributed by atoms with van der Waals surface area (Å²) in [6.45, 7) is 6.99. The van der Waals surface area contributed by atoms with Crippen molar-refractivity contribution in [2.24, 2.45) is 0 Å². The highest BCUT2D eigenvalue weighted by atomic mass is 16.5. The van der Waals surface area contributed by atoms with E-state index in [-0.39, 0.29) is 11.8 Å². The molecular weight excluding hydrogens is 318 g/mol. The van der Waals surface area contributed by atoms with E-state index in [9.17, 15) is 4.79 Å². The van der Waals surface area contributed by atoms with Gasteiger partial charge in [0.15, 0.2) is 11.4 Å². The maximum Gasteiger partial charge on any atom is 0.219 e. The van der Waals surface area contributed by atoms with Crippen LogP contribution in [0.3, 0.4) is 0 Å². The monoisotopic (exact) mass is 339 g/mol. The fourth-order valence-electron chi connectivity index (χ4n) is 3.63. The topological polar surface area (TPSA) is 76.5 Å². The molecule has 1 amide bonds. The molecule has 3 aromatic heterocycles.